The first-order chi connectivity index (χ1) is 9.08. The maximum atomic E-state index is 12.1. The monoisotopic (exact) mass is 261 g/mol. The molecule has 19 heavy (non-hydrogen) atoms. The van der Waals surface area contributed by atoms with Gasteiger partial charge in [-0.3, -0.25) is 9.69 Å². The molecule has 1 aromatic rings. The maximum absolute atomic E-state index is 12.1. The quantitative estimate of drug-likeness (QED) is 0.818. The van der Waals surface area contributed by atoms with Crippen LogP contribution in [-0.4, -0.2) is 29.9 Å². The lowest BCUT2D eigenvalue weighted by molar-refractivity contribution is -0.117. The molecule has 3 N–H and O–H groups in total. The first-order valence-corrected chi connectivity index (χ1v) is 6.96. The largest absolute Gasteiger partial charge is 0.397 e. The Kier molecular flexibility index (Phi) is 4.43. The molecule has 1 aliphatic rings. The van der Waals surface area contributed by atoms with Crippen molar-refractivity contribution in [1.82, 2.24) is 4.90 Å². The molecule has 1 fully saturated rings. The number of carbonyl (C=O) groups is 1. The smallest absolute Gasteiger partial charge is 0.238 e. The number of benzene rings is 1. The van der Waals surface area contributed by atoms with E-state index in [2.05, 4.69) is 24.1 Å². The first-order valence-electron chi connectivity index (χ1n) is 6.96. The van der Waals surface area contributed by atoms with Gasteiger partial charge in [-0.05, 0) is 37.4 Å². The number of nitrogens with zero attached hydrogens (tertiary/aromatic N) is 1. The summed E-state index contributed by atoms with van der Waals surface area (Å²) in [5.41, 5.74) is 7.13. The average molecular weight is 261 g/mol. The fraction of sp³-hybridized carbons (Fsp3) is 0.533. The lowest BCUT2D eigenvalue weighted by Crippen LogP contribution is -2.39. The Labute approximate surface area is 115 Å². The van der Waals surface area contributed by atoms with E-state index in [9.17, 15) is 4.79 Å². The van der Waals surface area contributed by atoms with E-state index in [-0.39, 0.29) is 5.91 Å². The molecule has 1 aliphatic heterocycles. The van der Waals surface area contributed by atoms with E-state index in [4.69, 9.17) is 5.73 Å². The Morgan fingerprint density at radius 2 is 2.21 bits per heavy atom. The van der Waals surface area contributed by atoms with Crippen molar-refractivity contribution >= 4 is 17.3 Å². The molecular weight excluding hydrogens is 238 g/mol. The molecular formula is C15H23N3O. The van der Waals surface area contributed by atoms with E-state index in [0.717, 1.165) is 6.54 Å². The minimum absolute atomic E-state index is 0.0189. The van der Waals surface area contributed by atoms with Crippen LogP contribution in [0, 0.1) is 5.92 Å². The van der Waals surface area contributed by atoms with Gasteiger partial charge < -0.3 is 11.1 Å². The topological polar surface area (TPSA) is 58.4 Å². The van der Waals surface area contributed by atoms with Gasteiger partial charge in [0, 0.05) is 6.04 Å². The molecule has 1 atom stereocenters. The predicted octanol–water partition coefficient (Wildman–Crippen LogP) is 2.33. The second-order valence-corrected chi connectivity index (χ2v) is 5.56. The van der Waals surface area contributed by atoms with Crippen molar-refractivity contribution in [3.63, 3.8) is 0 Å². The normalized spacial score (nSPS) is 19.8. The lowest BCUT2D eigenvalue weighted by atomic mass is 10.0. The van der Waals surface area contributed by atoms with Crippen molar-refractivity contribution in [2.75, 3.05) is 24.1 Å². The van der Waals surface area contributed by atoms with Gasteiger partial charge in [-0.2, -0.15) is 0 Å². The van der Waals surface area contributed by atoms with Crippen LogP contribution in [0.3, 0.4) is 0 Å². The zero-order chi connectivity index (χ0) is 13.8. The number of nitrogens with one attached hydrogen (secondary N) is 1. The highest BCUT2D eigenvalue weighted by Gasteiger charge is 2.28. The Bertz CT molecular complexity index is 445. The Hall–Kier alpha value is -1.55. The fourth-order valence-corrected chi connectivity index (χ4v) is 2.79. The van der Waals surface area contributed by atoms with Crippen LogP contribution in [-0.2, 0) is 4.79 Å². The SMILES string of the molecule is CC(C)C1CCCN1CC(=O)Nc1ccccc1N. The van der Waals surface area contributed by atoms with Gasteiger partial charge in [-0.25, -0.2) is 0 Å². The summed E-state index contributed by atoms with van der Waals surface area (Å²) in [6, 6.07) is 7.89. The number of nitrogen functional groups attached to an aromatic ring is 1. The summed E-state index contributed by atoms with van der Waals surface area (Å²) in [6.07, 6.45) is 2.38. The molecule has 1 amide bonds. The Morgan fingerprint density at radius 3 is 2.89 bits per heavy atom. The second-order valence-electron chi connectivity index (χ2n) is 5.56. The Morgan fingerprint density at radius 1 is 1.47 bits per heavy atom. The van der Waals surface area contributed by atoms with Crippen LogP contribution in [0.4, 0.5) is 11.4 Å². The third-order valence-corrected chi connectivity index (χ3v) is 3.77. The summed E-state index contributed by atoms with van der Waals surface area (Å²) in [5, 5.41) is 2.89. The third-order valence-electron chi connectivity index (χ3n) is 3.77. The van der Waals surface area contributed by atoms with E-state index in [0.29, 0.717) is 29.9 Å². The number of likely N-dealkylation sites (tertiary alicyclic amines) is 1. The molecule has 0 saturated carbocycles. The lowest BCUT2D eigenvalue weighted by Gasteiger charge is -2.26. The van der Waals surface area contributed by atoms with Gasteiger partial charge in [0.15, 0.2) is 0 Å². The number of nitrogens with two attached hydrogens (primary N) is 1. The summed E-state index contributed by atoms with van der Waals surface area (Å²) in [5.74, 6) is 0.613. The van der Waals surface area contributed by atoms with E-state index in [1.165, 1.54) is 12.8 Å². The van der Waals surface area contributed by atoms with Crippen LogP contribution in [0.25, 0.3) is 0 Å². The highest BCUT2D eigenvalue weighted by molar-refractivity contribution is 5.95. The molecule has 2 rings (SSSR count). The van der Waals surface area contributed by atoms with Crippen LogP contribution in [0.2, 0.25) is 0 Å². The number of amides is 1. The first kappa shape index (κ1) is 13.9. The van der Waals surface area contributed by atoms with Crippen molar-refractivity contribution in [1.29, 1.82) is 0 Å². The number of anilines is 2. The molecule has 4 nitrogen and oxygen atoms in total. The van der Waals surface area contributed by atoms with Crippen molar-refractivity contribution in [3.05, 3.63) is 24.3 Å². The number of rotatable bonds is 4. The molecule has 1 unspecified atom stereocenters. The fourth-order valence-electron chi connectivity index (χ4n) is 2.79. The summed E-state index contributed by atoms with van der Waals surface area (Å²) in [4.78, 5) is 14.4. The van der Waals surface area contributed by atoms with Crippen LogP contribution < -0.4 is 11.1 Å². The molecule has 0 radical (unpaired) electrons. The Balaban J connectivity index is 1.93. The van der Waals surface area contributed by atoms with Crippen molar-refractivity contribution in [2.45, 2.75) is 32.7 Å². The van der Waals surface area contributed by atoms with Crippen LogP contribution >= 0.6 is 0 Å². The highest BCUT2D eigenvalue weighted by atomic mass is 16.2. The van der Waals surface area contributed by atoms with Gasteiger partial charge in [0.05, 0.1) is 17.9 Å². The number of hydrogen-bond acceptors (Lipinski definition) is 3. The number of para-hydroxylation sites is 2. The van der Waals surface area contributed by atoms with Crippen LogP contribution in [0.5, 0.6) is 0 Å². The third kappa shape index (κ3) is 3.47. The van der Waals surface area contributed by atoms with Gasteiger partial charge in [0.25, 0.3) is 0 Å². The average Bonchev–Trinajstić information content (AvgIpc) is 2.80. The minimum Gasteiger partial charge on any atom is -0.397 e. The van der Waals surface area contributed by atoms with Crippen molar-refractivity contribution < 1.29 is 4.79 Å². The van der Waals surface area contributed by atoms with E-state index in [1.807, 2.05) is 18.2 Å². The molecule has 1 aromatic carbocycles. The van der Waals surface area contributed by atoms with E-state index < -0.39 is 0 Å². The predicted molar refractivity (Wildman–Crippen MR) is 78.9 cm³/mol. The van der Waals surface area contributed by atoms with Gasteiger partial charge in [-0.1, -0.05) is 26.0 Å². The van der Waals surface area contributed by atoms with Crippen LogP contribution in [0.1, 0.15) is 26.7 Å². The van der Waals surface area contributed by atoms with Gasteiger partial charge in [0.2, 0.25) is 5.91 Å². The minimum atomic E-state index is 0.0189. The standard InChI is InChI=1S/C15H23N3O/c1-11(2)14-8-5-9-18(14)10-15(19)17-13-7-4-3-6-12(13)16/h3-4,6-7,11,14H,5,8-10,16H2,1-2H3,(H,17,19). The molecule has 1 saturated heterocycles. The summed E-state index contributed by atoms with van der Waals surface area (Å²) < 4.78 is 0. The molecule has 0 spiro atoms. The zero-order valence-corrected chi connectivity index (χ0v) is 11.7. The second kappa shape index (κ2) is 6.06. The van der Waals surface area contributed by atoms with Gasteiger partial charge in [-0.15, -0.1) is 0 Å². The van der Waals surface area contributed by atoms with E-state index in [1.54, 1.807) is 6.07 Å². The highest BCUT2D eigenvalue weighted by Crippen LogP contribution is 2.23. The number of hydrogen-bond donors (Lipinski definition) is 2. The molecule has 1 heterocycles. The summed E-state index contributed by atoms with van der Waals surface area (Å²) in [6.45, 7) is 5.91. The maximum Gasteiger partial charge on any atom is 0.238 e. The van der Waals surface area contributed by atoms with Gasteiger partial charge >= 0.3 is 0 Å². The zero-order valence-electron chi connectivity index (χ0n) is 11.7. The number of carbonyl (C=O) groups excluding carboxylic acids is 1. The molecule has 0 aromatic heterocycles. The molecule has 4 heteroatoms. The van der Waals surface area contributed by atoms with E-state index >= 15 is 0 Å². The van der Waals surface area contributed by atoms with Gasteiger partial charge in [0.1, 0.15) is 0 Å². The van der Waals surface area contributed by atoms with Crippen LogP contribution in [0.15, 0.2) is 24.3 Å². The molecule has 104 valence electrons. The van der Waals surface area contributed by atoms with Crippen molar-refractivity contribution in [3.8, 4) is 0 Å². The summed E-state index contributed by atoms with van der Waals surface area (Å²) >= 11 is 0. The molecule has 0 aliphatic carbocycles. The summed E-state index contributed by atoms with van der Waals surface area (Å²) in [7, 11) is 0. The van der Waals surface area contributed by atoms with Crippen molar-refractivity contribution in [2.24, 2.45) is 5.92 Å². The molecule has 0 bridgehead atoms.